The van der Waals surface area contributed by atoms with E-state index in [4.69, 9.17) is 14.5 Å². The van der Waals surface area contributed by atoms with E-state index in [0.717, 1.165) is 22.0 Å². The fourth-order valence-corrected chi connectivity index (χ4v) is 3.45. The maximum Gasteiger partial charge on any atom is 0.161 e. The molecule has 0 atom stereocenters. The zero-order valence-electron chi connectivity index (χ0n) is 14.6. The number of thioether (sulfide) groups is 1. The first-order chi connectivity index (χ1) is 12.7. The molecule has 0 radical (unpaired) electrons. The molecule has 0 saturated heterocycles. The highest BCUT2D eigenvalue weighted by molar-refractivity contribution is 7.98. The van der Waals surface area contributed by atoms with Crippen molar-refractivity contribution >= 4 is 11.8 Å². The Bertz CT molecular complexity index is 936. The van der Waals surface area contributed by atoms with Crippen LogP contribution in [0.5, 0.6) is 11.5 Å². The third kappa shape index (κ3) is 3.98. The number of benzene rings is 2. The van der Waals surface area contributed by atoms with E-state index < -0.39 is 0 Å². The molecule has 1 aromatic heterocycles. The van der Waals surface area contributed by atoms with Gasteiger partial charge in [0.15, 0.2) is 11.5 Å². The van der Waals surface area contributed by atoms with Gasteiger partial charge in [-0.25, -0.2) is 4.98 Å². The van der Waals surface area contributed by atoms with Crippen LogP contribution in [0.2, 0.25) is 0 Å². The van der Waals surface area contributed by atoms with Gasteiger partial charge in [0, 0.05) is 11.3 Å². The molecule has 0 aliphatic rings. The van der Waals surface area contributed by atoms with E-state index >= 15 is 0 Å². The average Bonchev–Trinajstić information content (AvgIpc) is 2.72. The van der Waals surface area contributed by atoms with Gasteiger partial charge in [0.2, 0.25) is 0 Å². The van der Waals surface area contributed by atoms with Crippen molar-refractivity contribution in [1.82, 2.24) is 4.98 Å². The second-order valence-corrected chi connectivity index (χ2v) is 6.47. The lowest BCUT2D eigenvalue weighted by molar-refractivity contribution is 0.355. The fourth-order valence-electron chi connectivity index (χ4n) is 2.52. The van der Waals surface area contributed by atoms with Crippen LogP contribution in [0.15, 0.2) is 65.7 Å². The van der Waals surface area contributed by atoms with Gasteiger partial charge in [-0.05, 0) is 35.9 Å². The normalized spacial score (nSPS) is 10.2. The fraction of sp³-hybridized carbons (Fsp3) is 0.143. The quantitative estimate of drug-likeness (QED) is 0.582. The highest BCUT2D eigenvalue weighted by atomic mass is 32.2. The number of nitrogens with zero attached hydrogens (tertiary/aromatic N) is 2. The third-order valence-corrected chi connectivity index (χ3v) is 4.94. The number of hydrogen-bond acceptors (Lipinski definition) is 5. The van der Waals surface area contributed by atoms with Gasteiger partial charge in [0.05, 0.1) is 25.5 Å². The van der Waals surface area contributed by atoms with Crippen LogP contribution in [0.25, 0.3) is 11.3 Å². The Balaban J connectivity index is 1.91. The SMILES string of the molecule is COc1ccc(-c2ccc(C#N)c(SCc3ccccc3)n2)cc1OC. The summed E-state index contributed by atoms with van der Waals surface area (Å²) in [4.78, 5) is 4.70. The summed E-state index contributed by atoms with van der Waals surface area (Å²) in [6, 6.07) is 21.7. The van der Waals surface area contributed by atoms with Crippen molar-refractivity contribution < 1.29 is 9.47 Å². The average molecular weight is 362 g/mol. The van der Waals surface area contributed by atoms with Gasteiger partial charge in [-0.1, -0.05) is 30.3 Å². The Kier molecular flexibility index (Phi) is 5.77. The second kappa shape index (κ2) is 8.41. The molecule has 0 N–H and O–H groups in total. The minimum atomic E-state index is 0.579. The number of aromatic nitrogens is 1. The molecule has 0 fully saturated rings. The van der Waals surface area contributed by atoms with E-state index in [1.807, 2.05) is 48.5 Å². The Morgan fingerprint density at radius 3 is 2.42 bits per heavy atom. The molecule has 2 aromatic carbocycles. The smallest absolute Gasteiger partial charge is 0.161 e. The lowest BCUT2D eigenvalue weighted by Crippen LogP contribution is -1.94. The van der Waals surface area contributed by atoms with Gasteiger partial charge >= 0.3 is 0 Å². The Morgan fingerprint density at radius 2 is 1.73 bits per heavy atom. The highest BCUT2D eigenvalue weighted by Gasteiger charge is 2.11. The molecule has 1 heterocycles. The lowest BCUT2D eigenvalue weighted by Gasteiger charge is -2.11. The van der Waals surface area contributed by atoms with Gasteiger partial charge in [-0.2, -0.15) is 5.26 Å². The van der Waals surface area contributed by atoms with Crippen LogP contribution in [0, 0.1) is 11.3 Å². The number of pyridine rings is 1. The first kappa shape index (κ1) is 17.8. The highest BCUT2D eigenvalue weighted by Crippen LogP contribution is 2.33. The van der Waals surface area contributed by atoms with Crippen molar-refractivity contribution in [2.45, 2.75) is 10.8 Å². The summed E-state index contributed by atoms with van der Waals surface area (Å²) in [7, 11) is 3.21. The number of methoxy groups -OCH3 is 2. The van der Waals surface area contributed by atoms with Crippen LogP contribution < -0.4 is 9.47 Å². The minimum Gasteiger partial charge on any atom is -0.493 e. The first-order valence-electron chi connectivity index (χ1n) is 8.05. The van der Waals surface area contributed by atoms with Crippen molar-refractivity contribution in [3.63, 3.8) is 0 Å². The predicted octanol–water partition coefficient (Wildman–Crippen LogP) is 4.93. The summed E-state index contributed by atoms with van der Waals surface area (Å²) < 4.78 is 10.7. The van der Waals surface area contributed by atoms with Crippen LogP contribution in [0.4, 0.5) is 0 Å². The summed E-state index contributed by atoms with van der Waals surface area (Å²) >= 11 is 1.56. The monoisotopic (exact) mass is 362 g/mol. The zero-order chi connectivity index (χ0) is 18.4. The van der Waals surface area contributed by atoms with Crippen molar-refractivity contribution in [3.05, 3.63) is 71.8 Å². The zero-order valence-corrected chi connectivity index (χ0v) is 15.4. The van der Waals surface area contributed by atoms with Crippen LogP contribution in [-0.4, -0.2) is 19.2 Å². The summed E-state index contributed by atoms with van der Waals surface area (Å²) in [5, 5.41) is 10.1. The molecule has 0 spiro atoms. The van der Waals surface area contributed by atoms with Crippen LogP contribution in [-0.2, 0) is 5.75 Å². The second-order valence-electron chi connectivity index (χ2n) is 5.51. The van der Waals surface area contributed by atoms with E-state index in [-0.39, 0.29) is 0 Å². The molecule has 4 nitrogen and oxygen atoms in total. The van der Waals surface area contributed by atoms with Crippen LogP contribution >= 0.6 is 11.8 Å². The molecule has 5 heteroatoms. The minimum absolute atomic E-state index is 0.579. The summed E-state index contributed by atoms with van der Waals surface area (Å²) in [5.74, 6) is 2.08. The van der Waals surface area contributed by atoms with Crippen molar-refractivity contribution in [2.24, 2.45) is 0 Å². The van der Waals surface area contributed by atoms with E-state index in [2.05, 4.69) is 18.2 Å². The lowest BCUT2D eigenvalue weighted by atomic mass is 10.1. The number of ether oxygens (including phenoxy) is 2. The van der Waals surface area contributed by atoms with Gasteiger partial charge in [-0.15, -0.1) is 11.8 Å². The summed E-state index contributed by atoms with van der Waals surface area (Å²) in [6.07, 6.45) is 0. The molecular weight excluding hydrogens is 344 g/mol. The molecule has 0 aliphatic carbocycles. The summed E-state index contributed by atoms with van der Waals surface area (Å²) in [6.45, 7) is 0. The van der Waals surface area contributed by atoms with Gasteiger partial charge in [0.1, 0.15) is 11.1 Å². The van der Waals surface area contributed by atoms with E-state index in [1.54, 1.807) is 26.0 Å². The van der Waals surface area contributed by atoms with Gasteiger partial charge < -0.3 is 9.47 Å². The van der Waals surface area contributed by atoms with E-state index in [1.165, 1.54) is 5.56 Å². The number of nitriles is 1. The van der Waals surface area contributed by atoms with Gasteiger partial charge in [-0.3, -0.25) is 0 Å². The molecule has 0 bridgehead atoms. The molecule has 0 amide bonds. The Morgan fingerprint density at radius 1 is 0.962 bits per heavy atom. The number of hydrogen-bond donors (Lipinski definition) is 0. The first-order valence-corrected chi connectivity index (χ1v) is 9.04. The van der Waals surface area contributed by atoms with Crippen LogP contribution in [0.1, 0.15) is 11.1 Å². The van der Waals surface area contributed by atoms with Crippen molar-refractivity contribution in [2.75, 3.05) is 14.2 Å². The maximum atomic E-state index is 9.39. The van der Waals surface area contributed by atoms with Crippen molar-refractivity contribution in [3.8, 4) is 28.8 Å². The third-order valence-electron chi connectivity index (χ3n) is 3.88. The number of rotatable bonds is 6. The van der Waals surface area contributed by atoms with E-state index in [0.29, 0.717) is 17.1 Å². The largest absolute Gasteiger partial charge is 0.493 e. The van der Waals surface area contributed by atoms with Gasteiger partial charge in [0.25, 0.3) is 0 Å². The molecule has 26 heavy (non-hydrogen) atoms. The predicted molar refractivity (Wildman–Crippen MR) is 103 cm³/mol. The molecule has 3 aromatic rings. The molecule has 0 aliphatic heterocycles. The standard InChI is InChI=1S/C21H18N2O2S/c1-24-19-11-9-16(12-20(19)25-2)18-10-8-17(13-22)21(23-18)26-14-15-6-4-3-5-7-15/h3-12H,14H2,1-2H3. The summed E-state index contributed by atoms with van der Waals surface area (Å²) in [5.41, 5.74) is 3.48. The Hall–Kier alpha value is -2.97. The Labute approximate surface area is 157 Å². The topological polar surface area (TPSA) is 55.1 Å². The molecule has 3 rings (SSSR count). The van der Waals surface area contributed by atoms with E-state index in [9.17, 15) is 5.26 Å². The molecule has 0 unspecified atom stereocenters. The molecular formula is C21H18N2O2S. The maximum absolute atomic E-state index is 9.39. The van der Waals surface area contributed by atoms with Crippen LogP contribution in [0.3, 0.4) is 0 Å². The molecule has 0 saturated carbocycles. The van der Waals surface area contributed by atoms with Crippen molar-refractivity contribution in [1.29, 1.82) is 5.26 Å². The molecule has 130 valence electrons.